The lowest BCUT2D eigenvalue weighted by molar-refractivity contribution is -0.137. The Morgan fingerprint density at radius 1 is 0.956 bits per heavy atom. The largest absolute Gasteiger partial charge is 0.497 e. The molecule has 0 saturated heterocycles. The van der Waals surface area contributed by atoms with Crippen LogP contribution in [0.4, 0.5) is 20.2 Å². The molecular formula is C36H40F2N2O5. The molecule has 1 aliphatic rings. The van der Waals surface area contributed by atoms with Crippen LogP contribution >= 0.6 is 0 Å². The number of hydrogen-bond donors (Lipinski definition) is 1. The number of halogens is 2. The zero-order chi connectivity index (χ0) is 32.1. The number of unbranched alkanes of at least 4 members (excludes halogenated alkanes) is 4. The molecule has 0 spiro atoms. The lowest BCUT2D eigenvalue weighted by atomic mass is 9.91. The number of nitrogens with zero attached hydrogens (tertiary/aromatic N) is 2. The molecular weight excluding hydrogens is 578 g/mol. The fourth-order valence-electron chi connectivity index (χ4n) is 6.18. The van der Waals surface area contributed by atoms with Gasteiger partial charge in [0.1, 0.15) is 11.5 Å². The Balaban J connectivity index is 1.39. The molecule has 1 N–H and O–H groups in total. The molecule has 0 fully saturated rings. The average Bonchev–Trinajstić information content (AvgIpc) is 3.03. The maximum absolute atomic E-state index is 14.6. The van der Waals surface area contributed by atoms with Crippen molar-refractivity contribution in [1.82, 2.24) is 4.57 Å². The topological polar surface area (TPSA) is 81.0 Å². The number of carbonyl (C=O) groups is 1. The molecule has 1 aromatic heterocycles. The number of aryl methyl sites for hydroxylation is 3. The molecule has 0 radical (unpaired) electrons. The van der Waals surface area contributed by atoms with Gasteiger partial charge in [-0.1, -0.05) is 31.4 Å². The van der Waals surface area contributed by atoms with Gasteiger partial charge >= 0.3 is 5.97 Å². The molecule has 0 amide bonds. The van der Waals surface area contributed by atoms with E-state index in [0.717, 1.165) is 66.4 Å². The van der Waals surface area contributed by atoms with Gasteiger partial charge in [0, 0.05) is 54.3 Å². The Kier molecular flexibility index (Phi) is 10.1. The standard InChI is InChI=1S/C36H40F2N2O5/c1-23-18-30-32(39(2)36(23)43)20-27(44-3)21-33(30)40-16-9-10-25-19-28(29(35(37)38)22-31(25)40)24-12-14-26(15-13-24)45-17-8-6-4-5-7-11-34(41)42/h12-15,18-22,35H,4-11,16-17H2,1-3H3,(H,41,42). The summed E-state index contributed by atoms with van der Waals surface area (Å²) in [5.41, 5.74) is 4.96. The molecule has 0 bridgehead atoms. The van der Waals surface area contributed by atoms with Crippen LogP contribution in [0.2, 0.25) is 0 Å². The SMILES string of the molecule is COc1cc(N2CCCc3cc(-c4ccc(OCCCCCCCC(=O)O)cc4)c(C(F)F)cc32)c2cc(C)c(=O)n(C)c2c1. The number of methoxy groups -OCH3 is 1. The van der Waals surface area contributed by atoms with Crippen molar-refractivity contribution in [2.24, 2.45) is 7.05 Å². The smallest absolute Gasteiger partial charge is 0.303 e. The fraction of sp³-hybridized carbons (Fsp3) is 0.389. The van der Waals surface area contributed by atoms with Crippen molar-refractivity contribution >= 4 is 28.2 Å². The Hall–Kier alpha value is -4.40. The van der Waals surface area contributed by atoms with E-state index in [1.807, 2.05) is 48.5 Å². The van der Waals surface area contributed by atoms with E-state index in [1.54, 1.807) is 31.7 Å². The second-order valence-electron chi connectivity index (χ2n) is 11.7. The molecule has 238 valence electrons. The number of pyridine rings is 1. The number of aliphatic carboxylic acids is 1. The van der Waals surface area contributed by atoms with Crippen molar-refractivity contribution in [2.45, 2.75) is 64.7 Å². The number of aromatic nitrogens is 1. The molecule has 0 saturated carbocycles. The van der Waals surface area contributed by atoms with E-state index in [4.69, 9.17) is 14.6 Å². The third-order valence-corrected chi connectivity index (χ3v) is 8.57. The molecule has 0 atom stereocenters. The van der Waals surface area contributed by atoms with Gasteiger partial charge in [-0.25, -0.2) is 8.78 Å². The molecule has 9 heteroatoms. The second-order valence-corrected chi connectivity index (χ2v) is 11.7. The van der Waals surface area contributed by atoms with Crippen LogP contribution < -0.4 is 19.9 Å². The van der Waals surface area contributed by atoms with Gasteiger partial charge in [0.25, 0.3) is 12.0 Å². The maximum Gasteiger partial charge on any atom is 0.303 e. The van der Waals surface area contributed by atoms with E-state index in [-0.39, 0.29) is 17.5 Å². The van der Waals surface area contributed by atoms with Crippen LogP contribution in [0.5, 0.6) is 11.5 Å². The van der Waals surface area contributed by atoms with E-state index in [2.05, 4.69) is 4.90 Å². The van der Waals surface area contributed by atoms with Crippen molar-refractivity contribution in [3.63, 3.8) is 0 Å². The zero-order valence-corrected chi connectivity index (χ0v) is 26.1. The minimum atomic E-state index is -2.68. The van der Waals surface area contributed by atoms with Gasteiger partial charge in [-0.2, -0.15) is 0 Å². The van der Waals surface area contributed by atoms with Crippen molar-refractivity contribution in [3.8, 4) is 22.6 Å². The average molecular weight is 619 g/mol. The van der Waals surface area contributed by atoms with Crippen LogP contribution in [-0.2, 0) is 18.3 Å². The Morgan fingerprint density at radius 2 is 1.69 bits per heavy atom. The number of benzene rings is 3. The van der Waals surface area contributed by atoms with Crippen LogP contribution in [0.15, 0.2) is 59.4 Å². The Labute approximate surface area is 262 Å². The number of rotatable bonds is 13. The highest BCUT2D eigenvalue weighted by Crippen LogP contribution is 2.44. The van der Waals surface area contributed by atoms with E-state index in [9.17, 15) is 18.4 Å². The summed E-state index contributed by atoms with van der Waals surface area (Å²) in [5.74, 6) is 0.515. The van der Waals surface area contributed by atoms with Gasteiger partial charge in [0.2, 0.25) is 0 Å². The minimum Gasteiger partial charge on any atom is -0.497 e. The summed E-state index contributed by atoms with van der Waals surface area (Å²) in [6.45, 7) is 2.97. The molecule has 2 heterocycles. The highest BCUT2D eigenvalue weighted by Gasteiger charge is 2.26. The first-order valence-corrected chi connectivity index (χ1v) is 15.5. The minimum absolute atomic E-state index is 0.0343. The summed E-state index contributed by atoms with van der Waals surface area (Å²) in [6, 6.07) is 16.4. The zero-order valence-electron chi connectivity index (χ0n) is 26.1. The number of anilines is 2. The highest BCUT2D eigenvalue weighted by molar-refractivity contribution is 5.97. The maximum atomic E-state index is 14.6. The summed E-state index contributed by atoms with van der Waals surface area (Å²) < 4.78 is 42.3. The van der Waals surface area contributed by atoms with Crippen molar-refractivity contribution in [2.75, 3.05) is 25.2 Å². The van der Waals surface area contributed by atoms with Gasteiger partial charge in [0.15, 0.2) is 0 Å². The van der Waals surface area contributed by atoms with E-state index < -0.39 is 12.4 Å². The lowest BCUT2D eigenvalue weighted by Crippen LogP contribution is -2.26. The Bertz CT molecular complexity index is 1730. The second kappa shape index (κ2) is 14.1. The van der Waals surface area contributed by atoms with Crippen LogP contribution in [0, 0.1) is 6.92 Å². The fourth-order valence-corrected chi connectivity index (χ4v) is 6.18. The van der Waals surface area contributed by atoms with Crippen LogP contribution in [-0.4, -0.2) is 35.9 Å². The number of carboxylic acids is 1. The quantitative estimate of drug-likeness (QED) is 0.152. The molecule has 0 unspecified atom stereocenters. The van der Waals surface area contributed by atoms with Crippen LogP contribution in [0.3, 0.4) is 0 Å². The normalized spacial score (nSPS) is 12.9. The van der Waals surface area contributed by atoms with Crippen LogP contribution in [0.1, 0.15) is 68.1 Å². The summed E-state index contributed by atoms with van der Waals surface area (Å²) in [5, 5.41) is 9.58. The summed E-state index contributed by atoms with van der Waals surface area (Å²) >= 11 is 0. The third-order valence-electron chi connectivity index (χ3n) is 8.57. The molecule has 3 aromatic carbocycles. The molecule has 7 nitrogen and oxygen atoms in total. The first kappa shape index (κ1) is 32.0. The van der Waals surface area contributed by atoms with Crippen LogP contribution in [0.25, 0.3) is 22.0 Å². The third kappa shape index (κ3) is 7.13. The first-order valence-electron chi connectivity index (χ1n) is 15.5. The Morgan fingerprint density at radius 3 is 2.40 bits per heavy atom. The molecule has 1 aliphatic heterocycles. The van der Waals surface area contributed by atoms with Crippen molar-refractivity contribution in [1.29, 1.82) is 0 Å². The molecule has 4 aromatic rings. The lowest BCUT2D eigenvalue weighted by Gasteiger charge is -2.34. The highest BCUT2D eigenvalue weighted by atomic mass is 19.3. The number of hydrogen-bond acceptors (Lipinski definition) is 5. The van der Waals surface area contributed by atoms with E-state index >= 15 is 0 Å². The predicted molar refractivity (Wildman–Crippen MR) is 173 cm³/mol. The summed E-state index contributed by atoms with van der Waals surface area (Å²) in [4.78, 5) is 25.4. The van der Waals surface area contributed by atoms with Gasteiger partial charge in [-0.05, 0) is 79.6 Å². The van der Waals surface area contributed by atoms with Gasteiger partial charge in [-0.3, -0.25) is 9.59 Å². The summed E-state index contributed by atoms with van der Waals surface area (Å²) in [7, 11) is 3.31. The summed E-state index contributed by atoms with van der Waals surface area (Å²) in [6.07, 6.45) is 3.52. The monoisotopic (exact) mass is 618 g/mol. The number of carboxylic acid groups (broad SMARTS) is 1. The molecule has 0 aliphatic carbocycles. The van der Waals surface area contributed by atoms with Gasteiger partial charge in [0.05, 0.1) is 24.9 Å². The van der Waals surface area contributed by atoms with Gasteiger partial charge < -0.3 is 24.0 Å². The predicted octanol–water partition coefficient (Wildman–Crippen LogP) is 8.35. The number of fused-ring (bicyclic) bond motifs is 2. The van der Waals surface area contributed by atoms with E-state index in [0.29, 0.717) is 47.8 Å². The van der Waals surface area contributed by atoms with Crippen molar-refractivity contribution in [3.05, 3.63) is 81.6 Å². The first-order chi connectivity index (χ1) is 21.7. The molecule has 5 rings (SSSR count). The number of alkyl halides is 2. The molecule has 45 heavy (non-hydrogen) atoms. The number of ether oxygens (including phenoxy) is 2. The van der Waals surface area contributed by atoms with E-state index in [1.165, 1.54) is 0 Å². The van der Waals surface area contributed by atoms with Crippen molar-refractivity contribution < 1.29 is 28.2 Å². The van der Waals surface area contributed by atoms with Gasteiger partial charge in [-0.15, -0.1) is 0 Å².